The highest BCUT2D eigenvalue weighted by Crippen LogP contribution is 2.11. The van der Waals surface area contributed by atoms with Crippen LogP contribution in [0.1, 0.15) is 84.5 Å². The Morgan fingerprint density at radius 1 is 1.00 bits per heavy atom. The maximum atomic E-state index is 10.7. The summed E-state index contributed by atoms with van der Waals surface area (Å²) in [5, 5.41) is 9.70. The molecular weight excluding hydrogens is 312 g/mol. The van der Waals surface area contributed by atoms with Crippen molar-refractivity contribution in [2.75, 3.05) is 6.61 Å². The molecule has 25 heavy (non-hydrogen) atoms. The Hall–Kier alpha value is -1.35. The number of ether oxygens (including phenoxy) is 1. The van der Waals surface area contributed by atoms with Crippen LogP contribution in [0.15, 0.2) is 36.5 Å². The molecule has 3 heteroatoms. The predicted molar refractivity (Wildman–Crippen MR) is 107 cm³/mol. The highest BCUT2D eigenvalue weighted by atomic mass is 16.5. The molecule has 144 valence electrons. The van der Waals surface area contributed by atoms with E-state index < -0.39 is 6.10 Å². The molecule has 0 aromatic heterocycles. The van der Waals surface area contributed by atoms with Crippen LogP contribution in [0.5, 0.6) is 0 Å². The summed E-state index contributed by atoms with van der Waals surface area (Å²) in [5.41, 5.74) is 0.872. The lowest BCUT2D eigenvalue weighted by atomic mass is 10.1. The first-order valence-corrected chi connectivity index (χ1v) is 9.87. The molecular formula is C22H38O3. The van der Waals surface area contributed by atoms with E-state index in [0.717, 1.165) is 18.4 Å². The van der Waals surface area contributed by atoms with Crippen molar-refractivity contribution in [3.8, 4) is 0 Å². The molecule has 0 fully saturated rings. The Labute approximate surface area is 154 Å². The summed E-state index contributed by atoms with van der Waals surface area (Å²) in [6.45, 7) is 7.48. The van der Waals surface area contributed by atoms with Gasteiger partial charge in [0.1, 0.15) is 6.61 Å². The number of carbonyl (C=O) groups excluding carboxylic acids is 1. The first kappa shape index (κ1) is 23.6. The molecule has 0 rings (SSSR count). The Balaban J connectivity index is 3.43. The standard InChI is InChI=1S/C22H38O3/c1-4-5-6-7-8-9-10-11-12-13-14-15-16-17-20(2)18-22(24)19-25-21(3)23/h5-6,16-17,22,24H,2,4,7-15,18-19H2,1,3H3/b6-5+,17-16+. The van der Waals surface area contributed by atoms with E-state index in [1.165, 1.54) is 58.3 Å². The quantitative estimate of drug-likeness (QED) is 0.163. The second-order valence-corrected chi connectivity index (χ2v) is 6.65. The van der Waals surface area contributed by atoms with Crippen LogP contribution in [0.3, 0.4) is 0 Å². The first-order valence-electron chi connectivity index (χ1n) is 9.87. The zero-order valence-corrected chi connectivity index (χ0v) is 16.3. The van der Waals surface area contributed by atoms with E-state index >= 15 is 0 Å². The second-order valence-electron chi connectivity index (χ2n) is 6.65. The van der Waals surface area contributed by atoms with E-state index in [1.807, 2.05) is 6.08 Å². The highest BCUT2D eigenvalue weighted by Gasteiger charge is 2.06. The summed E-state index contributed by atoms with van der Waals surface area (Å²) in [7, 11) is 0. The SMILES string of the molecule is C=C(/C=C/CCCCCCCCC/C=C/CC)CC(O)COC(C)=O. The molecule has 0 heterocycles. The van der Waals surface area contributed by atoms with Gasteiger partial charge in [-0.2, -0.15) is 0 Å². The molecule has 0 aliphatic heterocycles. The van der Waals surface area contributed by atoms with Gasteiger partial charge in [-0.25, -0.2) is 0 Å². The van der Waals surface area contributed by atoms with Crippen molar-refractivity contribution in [2.24, 2.45) is 0 Å². The van der Waals surface area contributed by atoms with Crippen LogP contribution in [0.25, 0.3) is 0 Å². The number of aliphatic hydroxyl groups excluding tert-OH is 1. The normalized spacial score (nSPS) is 12.8. The molecule has 0 aliphatic rings. The first-order chi connectivity index (χ1) is 12.1. The van der Waals surface area contributed by atoms with Gasteiger partial charge in [-0.05, 0) is 32.1 Å². The van der Waals surface area contributed by atoms with E-state index in [2.05, 4.69) is 31.7 Å². The minimum atomic E-state index is -0.668. The summed E-state index contributed by atoms with van der Waals surface area (Å²) in [5.74, 6) is -0.367. The van der Waals surface area contributed by atoms with Crippen LogP contribution in [0, 0.1) is 0 Å². The Bertz CT molecular complexity index is 396. The van der Waals surface area contributed by atoms with Gasteiger partial charge >= 0.3 is 5.97 Å². The van der Waals surface area contributed by atoms with Gasteiger partial charge in [-0.1, -0.05) is 75.5 Å². The van der Waals surface area contributed by atoms with Gasteiger partial charge in [0.25, 0.3) is 0 Å². The van der Waals surface area contributed by atoms with Crippen LogP contribution in [-0.4, -0.2) is 23.8 Å². The van der Waals surface area contributed by atoms with Crippen molar-refractivity contribution in [1.82, 2.24) is 0 Å². The molecule has 1 N–H and O–H groups in total. The Morgan fingerprint density at radius 2 is 1.56 bits per heavy atom. The van der Waals surface area contributed by atoms with Gasteiger partial charge in [0.2, 0.25) is 0 Å². The van der Waals surface area contributed by atoms with E-state index in [0.29, 0.717) is 6.42 Å². The number of unbranched alkanes of at least 4 members (excludes halogenated alkanes) is 8. The largest absolute Gasteiger partial charge is 0.463 e. The van der Waals surface area contributed by atoms with Gasteiger partial charge in [0.05, 0.1) is 6.10 Å². The Kier molecular flexibility index (Phi) is 16.5. The zero-order valence-electron chi connectivity index (χ0n) is 16.3. The molecule has 0 saturated heterocycles. The number of carbonyl (C=O) groups is 1. The second kappa shape index (κ2) is 17.5. The number of allylic oxidation sites excluding steroid dienone is 4. The van der Waals surface area contributed by atoms with Crippen molar-refractivity contribution < 1.29 is 14.6 Å². The maximum absolute atomic E-state index is 10.7. The topological polar surface area (TPSA) is 46.5 Å². The molecule has 0 amide bonds. The van der Waals surface area contributed by atoms with Gasteiger partial charge in [-0.3, -0.25) is 4.79 Å². The van der Waals surface area contributed by atoms with Crippen molar-refractivity contribution in [2.45, 2.75) is 90.6 Å². The van der Waals surface area contributed by atoms with Gasteiger partial charge in [0.15, 0.2) is 0 Å². The summed E-state index contributed by atoms with van der Waals surface area (Å²) < 4.78 is 4.77. The molecule has 1 atom stereocenters. The van der Waals surface area contributed by atoms with Crippen LogP contribution in [0.4, 0.5) is 0 Å². The number of hydrogen-bond acceptors (Lipinski definition) is 3. The van der Waals surface area contributed by atoms with Gasteiger partial charge in [-0.15, -0.1) is 0 Å². The average molecular weight is 351 g/mol. The fourth-order valence-electron chi connectivity index (χ4n) is 2.59. The van der Waals surface area contributed by atoms with Crippen molar-refractivity contribution in [1.29, 1.82) is 0 Å². The molecule has 0 aliphatic carbocycles. The zero-order chi connectivity index (χ0) is 18.8. The maximum Gasteiger partial charge on any atom is 0.302 e. The molecule has 0 aromatic carbocycles. The summed E-state index contributed by atoms with van der Waals surface area (Å²) in [6.07, 6.45) is 21.0. The lowest BCUT2D eigenvalue weighted by Crippen LogP contribution is -2.17. The van der Waals surface area contributed by atoms with Crippen LogP contribution in [0.2, 0.25) is 0 Å². The monoisotopic (exact) mass is 350 g/mol. The van der Waals surface area contributed by atoms with Crippen molar-refractivity contribution >= 4 is 5.97 Å². The summed E-state index contributed by atoms with van der Waals surface area (Å²) >= 11 is 0. The summed E-state index contributed by atoms with van der Waals surface area (Å²) in [4.78, 5) is 10.7. The van der Waals surface area contributed by atoms with Gasteiger partial charge < -0.3 is 9.84 Å². The fourth-order valence-corrected chi connectivity index (χ4v) is 2.59. The Morgan fingerprint density at radius 3 is 2.12 bits per heavy atom. The molecule has 3 nitrogen and oxygen atoms in total. The van der Waals surface area contributed by atoms with Crippen molar-refractivity contribution in [3.05, 3.63) is 36.5 Å². The van der Waals surface area contributed by atoms with E-state index in [4.69, 9.17) is 4.74 Å². The summed E-state index contributed by atoms with van der Waals surface area (Å²) in [6, 6.07) is 0. The predicted octanol–water partition coefficient (Wildman–Crippen LogP) is 5.89. The number of rotatable bonds is 16. The lowest BCUT2D eigenvalue weighted by Gasteiger charge is -2.10. The third-order valence-electron chi connectivity index (χ3n) is 3.97. The van der Waals surface area contributed by atoms with Crippen molar-refractivity contribution in [3.63, 3.8) is 0 Å². The third-order valence-corrected chi connectivity index (χ3v) is 3.97. The average Bonchev–Trinajstić information content (AvgIpc) is 2.57. The molecule has 0 bridgehead atoms. The van der Waals surface area contributed by atoms with Crippen LogP contribution < -0.4 is 0 Å². The number of hydrogen-bond donors (Lipinski definition) is 1. The highest BCUT2D eigenvalue weighted by molar-refractivity contribution is 5.65. The molecule has 1 unspecified atom stereocenters. The fraction of sp³-hybridized carbons (Fsp3) is 0.682. The van der Waals surface area contributed by atoms with E-state index in [9.17, 15) is 9.90 Å². The molecule has 0 saturated carbocycles. The third kappa shape index (κ3) is 18.8. The minimum Gasteiger partial charge on any atom is -0.463 e. The minimum absolute atomic E-state index is 0.0388. The number of esters is 1. The van der Waals surface area contributed by atoms with Gasteiger partial charge in [0, 0.05) is 13.3 Å². The smallest absolute Gasteiger partial charge is 0.302 e. The lowest BCUT2D eigenvalue weighted by molar-refractivity contribution is -0.143. The van der Waals surface area contributed by atoms with Crippen LogP contribution in [-0.2, 0) is 9.53 Å². The number of aliphatic hydroxyl groups is 1. The van der Waals surface area contributed by atoms with E-state index in [1.54, 1.807) is 0 Å². The van der Waals surface area contributed by atoms with Crippen LogP contribution >= 0.6 is 0 Å². The molecule has 0 spiro atoms. The molecule has 0 aromatic rings. The van der Waals surface area contributed by atoms with E-state index in [-0.39, 0.29) is 12.6 Å². The molecule has 0 radical (unpaired) electrons.